The first-order valence-electron chi connectivity index (χ1n) is 7.22. The summed E-state index contributed by atoms with van der Waals surface area (Å²) in [6.07, 6.45) is 15.1. The molecule has 1 unspecified atom stereocenters. The fraction of sp³-hybridized carbons (Fsp3) is 0.529. The van der Waals surface area contributed by atoms with E-state index in [0.717, 1.165) is 12.1 Å². The molecule has 0 aromatic carbocycles. The van der Waals surface area contributed by atoms with Gasteiger partial charge in [0.15, 0.2) is 0 Å². The first-order chi connectivity index (χ1) is 9.02. The Labute approximate surface area is 119 Å². The number of hydrogen-bond acceptors (Lipinski definition) is 1. The highest BCUT2D eigenvalue weighted by Gasteiger charge is 2.31. The second kappa shape index (κ2) is 6.20. The highest BCUT2D eigenvalue weighted by atomic mass is 31.1. The summed E-state index contributed by atoms with van der Waals surface area (Å²) < 4.78 is 0. The number of hydrogen-bond donors (Lipinski definition) is 0. The summed E-state index contributed by atoms with van der Waals surface area (Å²) in [5, 5.41) is 3.32. The average Bonchev–Trinajstić information content (AvgIpc) is 2.99. The minimum atomic E-state index is -0.148. The van der Waals surface area contributed by atoms with Crippen LogP contribution < -0.4 is 0 Å². The maximum atomic E-state index is 2.39. The Bertz CT molecular complexity index is 440. The first kappa shape index (κ1) is 14.8. The van der Waals surface area contributed by atoms with Gasteiger partial charge in [-0.05, 0) is 51.6 Å². The van der Waals surface area contributed by atoms with Gasteiger partial charge in [0.2, 0.25) is 0 Å². The van der Waals surface area contributed by atoms with Crippen LogP contribution in [-0.2, 0) is 0 Å². The van der Waals surface area contributed by atoms with Crippen LogP contribution >= 0.6 is 7.92 Å². The molecule has 0 radical (unpaired) electrons. The van der Waals surface area contributed by atoms with Crippen molar-refractivity contribution in [3.8, 4) is 0 Å². The summed E-state index contributed by atoms with van der Waals surface area (Å²) in [6, 6.07) is 0.573. The van der Waals surface area contributed by atoms with Crippen LogP contribution in [0.25, 0.3) is 0 Å². The molecule has 0 saturated heterocycles. The molecule has 0 bridgehead atoms. The van der Waals surface area contributed by atoms with Crippen molar-refractivity contribution in [1.82, 2.24) is 4.90 Å². The zero-order valence-electron chi connectivity index (χ0n) is 12.8. The van der Waals surface area contributed by atoms with Gasteiger partial charge >= 0.3 is 0 Å². The van der Waals surface area contributed by atoms with E-state index in [0.29, 0.717) is 12.0 Å². The Morgan fingerprint density at radius 2 is 1.89 bits per heavy atom. The molecule has 0 aromatic heterocycles. The predicted molar refractivity (Wildman–Crippen MR) is 87.8 cm³/mol. The summed E-state index contributed by atoms with van der Waals surface area (Å²) in [5.74, 6) is 0.588. The Morgan fingerprint density at radius 3 is 2.42 bits per heavy atom. The van der Waals surface area contributed by atoms with Gasteiger partial charge in [-0.15, -0.1) is 0 Å². The largest absolute Gasteiger partial charge is 0.306 e. The van der Waals surface area contributed by atoms with Gasteiger partial charge in [-0.1, -0.05) is 50.3 Å². The predicted octanol–water partition coefficient (Wildman–Crippen LogP) is 4.74. The molecule has 0 fully saturated rings. The summed E-state index contributed by atoms with van der Waals surface area (Å²) in [7, 11) is 4.22. The SMILES string of the molecule is CC(C)[P@@](C1=CC=CC1)C1=CC=CC1[C@@H](C)N(C)C. The Kier molecular flexibility index (Phi) is 4.81. The molecule has 2 aliphatic carbocycles. The molecule has 19 heavy (non-hydrogen) atoms. The topological polar surface area (TPSA) is 3.24 Å². The van der Waals surface area contributed by atoms with E-state index in [1.807, 2.05) is 0 Å². The van der Waals surface area contributed by atoms with Gasteiger partial charge in [0.1, 0.15) is 0 Å². The van der Waals surface area contributed by atoms with Crippen LogP contribution in [0.5, 0.6) is 0 Å². The van der Waals surface area contributed by atoms with E-state index >= 15 is 0 Å². The van der Waals surface area contributed by atoms with Gasteiger partial charge in [0.25, 0.3) is 0 Å². The van der Waals surface area contributed by atoms with E-state index in [4.69, 9.17) is 0 Å². The highest BCUT2D eigenvalue weighted by molar-refractivity contribution is 7.67. The minimum absolute atomic E-state index is 0.148. The zero-order chi connectivity index (χ0) is 14.0. The van der Waals surface area contributed by atoms with Crippen LogP contribution in [0, 0.1) is 5.92 Å². The summed E-state index contributed by atoms with van der Waals surface area (Å²) >= 11 is 0. The Morgan fingerprint density at radius 1 is 1.16 bits per heavy atom. The smallest absolute Gasteiger partial charge is 0.0182 e. The maximum Gasteiger partial charge on any atom is 0.0182 e. The van der Waals surface area contributed by atoms with Gasteiger partial charge in [-0.2, -0.15) is 0 Å². The normalized spacial score (nSPS) is 25.1. The fourth-order valence-electron chi connectivity index (χ4n) is 2.86. The molecule has 2 rings (SSSR count). The molecule has 2 heteroatoms. The van der Waals surface area contributed by atoms with Gasteiger partial charge in [0, 0.05) is 12.0 Å². The molecule has 0 amide bonds. The molecular formula is C17H26NP. The lowest BCUT2D eigenvalue weighted by Crippen LogP contribution is -2.32. The minimum Gasteiger partial charge on any atom is -0.306 e. The standard InChI is InChI=1S/C17H26NP/c1-13(2)19(15-9-6-7-10-15)17-12-8-11-16(17)14(3)18(4)5/h6-9,11-14,16H,10H2,1-5H3/t14-,16?,19+/m1/s1. The molecule has 0 aromatic rings. The number of nitrogens with zero attached hydrogens (tertiary/aromatic N) is 1. The number of rotatable bonds is 5. The molecule has 0 spiro atoms. The van der Waals surface area contributed by atoms with E-state index in [9.17, 15) is 0 Å². The second-order valence-electron chi connectivity index (χ2n) is 5.96. The van der Waals surface area contributed by atoms with Crippen molar-refractivity contribution < 1.29 is 0 Å². The van der Waals surface area contributed by atoms with Crippen molar-refractivity contribution in [2.45, 2.75) is 38.9 Å². The third kappa shape index (κ3) is 3.09. The van der Waals surface area contributed by atoms with Crippen molar-refractivity contribution in [2.24, 2.45) is 5.92 Å². The third-order valence-electron chi connectivity index (χ3n) is 4.12. The van der Waals surface area contributed by atoms with Gasteiger partial charge < -0.3 is 4.90 Å². The Hall–Kier alpha value is -0.650. The van der Waals surface area contributed by atoms with Crippen LogP contribution in [0.3, 0.4) is 0 Å². The van der Waals surface area contributed by atoms with Gasteiger partial charge in [-0.3, -0.25) is 0 Å². The lowest BCUT2D eigenvalue weighted by Gasteiger charge is -2.34. The van der Waals surface area contributed by atoms with Crippen LogP contribution in [-0.4, -0.2) is 30.7 Å². The van der Waals surface area contributed by atoms with E-state index in [2.05, 4.69) is 76.2 Å². The maximum absolute atomic E-state index is 2.39. The van der Waals surface area contributed by atoms with Crippen LogP contribution in [0.4, 0.5) is 0 Å². The number of allylic oxidation sites excluding steroid dienone is 6. The molecule has 0 heterocycles. The van der Waals surface area contributed by atoms with Crippen molar-refractivity contribution >= 4 is 7.92 Å². The summed E-state index contributed by atoms with van der Waals surface area (Å²) in [5.41, 5.74) is 0.726. The van der Waals surface area contributed by atoms with E-state index < -0.39 is 0 Å². The van der Waals surface area contributed by atoms with Crippen LogP contribution in [0.2, 0.25) is 0 Å². The molecule has 104 valence electrons. The highest BCUT2D eigenvalue weighted by Crippen LogP contribution is 2.62. The molecule has 2 aliphatic rings. The molecular weight excluding hydrogens is 249 g/mol. The van der Waals surface area contributed by atoms with Gasteiger partial charge in [-0.25, -0.2) is 0 Å². The quantitative estimate of drug-likeness (QED) is 0.655. The van der Waals surface area contributed by atoms with Crippen LogP contribution in [0.1, 0.15) is 27.2 Å². The van der Waals surface area contributed by atoms with Crippen molar-refractivity contribution in [2.75, 3.05) is 14.1 Å². The monoisotopic (exact) mass is 275 g/mol. The molecule has 0 saturated carbocycles. The van der Waals surface area contributed by atoms with Crippen molar-refractivity contribution in [1.29, 1.82) is 0 Å². The van der Waals surface area contributed by atoms with Crippen molar-refractivity contribution in [3.63, 3.8) is 0 Å². The summed E-state index contributed by atoms with van der Waals surface area (Å²) in [6.45, 7) is 7.09. The molecule has 3 atom stereocenters. The van der Waals surface area contributed by atoms with Gasteiger partial charge in [0.05, 0.1) is 0 Å². The molecule has 1 nitrogen and oxygen atoms in total. The Balaban J connectivity index is 2.23. The second-order valence-corrected chi connectivity index (χ2v) is 8.82. The molecule has 0 N–H and O–H groups in total. The van der Waals surface area contributed by atoms with Crippen LogP contribution in [0.15, 0.2) is 47.1 Å². The van der Waals surface area contributed by atoms with E-state index in [1.54, 1.807) is 10.6 Å². The zero-order valence-corrected chi connectivity index (χ0v) is 13.7. The summed E-state index contributed by atoms with van der Waals surface area (Å²) in [4.78, 5) is 2.34. The van der Waals surface area contributed by atoms with Crippen molar-refractivity contribution in [3.05, 3.63) is 47.1 Å². The third-order valence-corrected chi connectivity index (χ3v) is 7.10. The fourth-order valence-corrected chi connectivity index (χ4v) is 5.87. The molecule has 0 aliphatic heterocycles. The average molecular weight is 275 g/mol. The first-order valence-corrected chi connectivity index (χ1v) is 8.63. The lowest BCUT2D eigenvalue weighted by molar-refractivity contribution is 0.281. The van der Waals surface area contributed by atoms with E-state index in [-0.39, 0.29) is 7.92 Å². The lowest BCUT2D eigenvalue weighted by atomic mass is 10.0. The van der Waals surface area contributed by atoms with E-state index in [1.165, 1.54) is 0 Å².